The van der Waals surface area contributed by atoms with Crippen molar-refractivity contribution in [3.63, 3.8) is 0 Å². The summed E-state index contributed by atoms with van der Waals surface area (Å²) in [4.78, 5) is 23.6. The number of nitrogens with zero attached hydrogens (tertiary/aromatic N) is 2. The van der Waals surface area contributed by atoms with Gasteiger partial charge in [-0.05, 0) is 31.0 Å². The third-order valence-corrected chi connectivity index (χ3v) is 5.61. The lowest BCUT2D eigenvalue weighted by Crippen LogP contribution is -2.47. The summed E-state index contributed by atoms with van der Waals surface area (Å²) in [6.07, 6.45) is 2.70. The summed E-state index contributed by atoms with van der Waals surface area (Å²) in [5.74, 6) is -0.0556. The van der Waals surface area contributed by atoms with E-state index in [1.807, 2.05) is 0 Å². The van der Waals surface area contributed by atoms with Crippen LogP contribution in [-0.4, -0.2) is 38.2 Å². The Bertz CT molecular complexity index is 1080. The molecule has 1 amide bonds. The molecule has 0 bridgehead atoms. The van der Waals surface area contributed by atoms with Crippen LogP contribution < -0.4 is 14.4 Å². The van der Waals surface area contributed by atoms with Gasteiger partial charge < -0.3 is 10.1 Å². The van der Waals surface area contributed by atoms with Crippen molar-refractivity contribution in [2.75, 3.05) is 22.5 Å². The average Bonchev–Trinajstić information content (AvgIpc) is 2.70. The van der Waals surface area contributed by atoms with Crippen molar-refractivity contribution in [2.24, 2.45) is 0 Å². The number of non-ortho nitro benzene ring substituents is 1. The maximum absolute atomic E-state index is 13.1. The number of rotatable bonds is 10. The van der Waals surface area contributed by atoms with E-state index in [2.05, 4.69) is 11.9 Å². The van der Waals surface area contributed by atoms with Crippen LogP contribution in [0.3, 0.4) is 0 Å². The number of aryl methyl sites for hydroxylation is 1. The average molecular weight is 448 g/mol. The van der Waals surface area contributed by atoms with Crippen LogP contribution in [0.1, 0.15) is 18.9 Å². The molecule has 0 aliphatic rings. The number of anilines is 2. The van der Waals surface area contributed by atoms with Gasteiger partial charge in [0.2, 0.25) is 15.9 Å². The van der Waals surface area contributed by atoms with Crippen molar-refractivity contribution < 1.29 is 22.9 Å². The second kappa shape index (κ2) is 10.1. The van der Waals surface area contributed by atoms with E-state index < -0.39 is 26.9 Å². The van der Waals surface area contributed by atoms with Gasteiger partial charge in [0.1, 0.15) is 18.4 Å². The molecule has 1 N–H and O–H groups in total. The number of nitro groups is 1. The number of hydrogen-bond donors (Lipinski definition) is 1. The normalized spacial score (nSPS) is 12.0. The minimum absolute atomic E-state index is 0.0850. The molecule has 10 heteroatoms. The van der Waals surface area contributed by atoms with Crippen molar-refractivity contribution in [3.8, 4) is 5.75 Å². The lowest BCUT2D eigenvalue weighted by Gasteiger charge is -2.31. The Hall–Kier alpha value is -3.40. The zero-order chi connectivity index (χ0) is 23.2. The maximum atomic E-state index is 13.1. The molecule has 0 aliphatic carbocycles. The first-order valence-corrected chi connectivity index (χ1v) is 11.3. The molecule has 0 heterocycles. The Morgan fingerprint density at radius 1 is 1.32 bits per heavy atom. The molecule has 0 fully saturated rings. The third kappa shape index (κ3) is 6.05. The Morgan fingerprint density at radius 2 is 2.03 bits per heavy atom. The number of ether oxygens (including phenoxy) is 1. The topological polar surface area (TPSA) is 119 Å². The minimum Gasteiger partial charge on any atom is -0.489 e. The van der Waals surface area contributed by atoms with Crippen molar-refractivity contribution in [2.45, 2.75) is 26.3 Å². The van der Waals surface area contributed by atoms with Crippen LogP contribution >= 0.6 is 0 Å². The van der Waals surface area contributed by atoms with E-state index in [1.165, 1.54) is 12.1 Å². The minimum atomic E-state index is -3.94. The van der Waals surface area contributed by atoms with Crippen LogP contribution in [0.15, 0.2) is 55.1 Å². The van der Waals surface area contributed by atoms with E-state index in [4.69, 9.17) is 4.74 Å². The molecule has 0 spiro atoms. The number of hydrogen-bond acceptors (Lipinski definition) is 6. The molecule has 0 saturated carbocycles. The Kier molecular flexibility index (Phi) is 7.76. The molecule has 9 nitrogen and oxygen atoms in total. The summed E-state index contributed by atoms with van der Waals surface area (Å²) in [5.41, 5.74) is 0.731. The van der Waals surface area contributed by atoms with Gasteiger partial charge in [0.15, 0.2) is 0 Å². The molecule has 0 radical (unpaired) electrons. The lowest BCUT2D eigenvalue weighted by molar-refractivity contribution is -0.384. The monoisotopic (exact) mass is 447 g/mol. The number of sulfonamides is 1. The SMILES string of the molecule is C=CCOc1cccc(NC(=O)[C@H](CC)N(c2cc([N+](=O)[O-])ccc2C)S(C)(=O)=O)c1. The van der Waals surface area contributed by atoms with Crippen molar-refractivity contribution in [1.82, 2.24) is 0 Å². The van der Waals surface area contributed by atoms with Crippen LogP contribution in [0.4, 0.5) is 17.1 Å². The first kappa shape index (κ1) is 23.9. The molecule has 0 unspecified atom stereocenters. The Labute approximate surface area is 181 Å². The summed E-state index contributed by atoms with van der Waals surface area (Å²) in [5, 5.41) is 13.9. The van der Waals surface area contributed by atoms with Crippen LogP contribution in [-0.2, 0) is 14.8 Å². The van der Waals surface area contributed by atoms with Gasteiger partial charge in [-0.1, -0.05) is 31.7 Å². The standard InChI is InChI=1S/C21H25N3O6S/c1-5-12-30-18-9-7-8-16(13-18)22-21(25)19(6-2)23(31(4,28)29)20-14-17(24(26)27)11-10-15(20)3/h5,7-11,13-14,19H,1,6,12H2,2-4H3,(H,22,25)/t19-/m0/s1. The van der Waals surface area contributed by atoms with Crippen LogP contribution in [0, 0.1) is 17.0 Å². The lowest BCUT2D eigenvalue weighted by atomic mass is 10.1. The molecule has 2 aromatic carbocycles. The second-order valence-corrected chi connectivity index (χ2v) is 8.69. The third-order valence-electron chi connectivity index (χ3n) is 4.44. The van der Waals surface area contributed by atoms with Gasteiger partial charge in [-0.2, -0.15) is 0 Å². The number of nitrogens with one attached hydrogen (secondary N) is 1. The van der Waals surface area contributed by atoms with E-state index in [1.54, 1.807) is 44.2 Å². The van der Waals surface area contributed by atoms with E-state index >= 15 is 0 Å². The highest BCUT2D eigenvalue weighted by atomic mass is 32.2. The fourth-order valence-electron chi connectivity index (χ4n) is 3.03. The molecule has 2 rings (SSSR count). The smallest absolute Gasteiger partial charge is 0.271 e. The van der Waals surface area contributed by atoms with Crippen LogP contribution in [0.25, 0.3) is 0 Å². The highest BCUT2D eigenvalue weighted by molar-refractivity contribution is 7.92. The first-order chi connectivity index (χ1) is 14.6. The van der Waals surface area contributed by atoms with Gasteiger partial charge in [0, 0.05) is 23.9 Å². The summed E-state index contributed by atoms with van der Waals surface area (Å²) >= 11 is 0. The number of carbonyl (C=O) groups excluding carboxylic acids is 1. The fraction of sp³-hybridized carbons (Fsp3) is 0.286. The molecule has 0 aliphatic heterocycles. The zero-order valence-electron chi connectivity index (χ0n) is 17.6. The highest BCUT2D eigenvalue weighted by Crippen LogP contribution is 2.30. The predicted octanol–water partition coefficient (Wildman–Crippen LogP) is 3.65. The molecular formula is C21H25N3O6S. The Balaban J connectivity index is 2.42. The summed E-state index contributed by atoms with van der Waals surface area (Å²) < 4.78 is 31.7. The van der Waals surface area contributed by atoms with Gasteiger partial charge in [-0.15, -0.1) is 0 Å². The van der Waals surface area contributed by atoms with E-state index in [9.17, 15) is 23.3 Å². The molecule has 0 saturated heterocycles. The number of nitro benzene ring substituents is 1. The van der Waals surface area contributed by atoms with Gasteiger partial charge in [0.05, 0.1) is 16.9 Å². The van der Waals surface area contributed by atoms with Gasteiger partial charge in [-0.25, -0.2) is 8.42 Å². The summed E-state index contributed by atoms with van der Waals surface area (Å²) in [7, 11) is -3.94. The molecular weight excluding hydrogens is 422 g/mol. The largest absolute Gasteiger partial charge is 0.489 e. The number of carbonyl (C=O) groups is 1. The highest BCUT2D eigenvalue weighted by Gasteiger charge is 2.33. The van der Waals surface area contributed by atoms with Crippen molar-refractivity contribution in [3.05, 3.63) is 70.8 Å². The zero-order valence-corrected chi connectivity index (χ0v) is 18.4. The summed E-state index contributed by atoms with van der Waals surface area (Å²) in [6.45, 7) is 7.16. The van der Waals surface area contributed by atoms with E-state index in [0.717, 1.165) is 16.6 Å². The number of amides is 1. The van der Waals surface area contributed by atoms with E-state index in [-0.39, 0.29) is 17.8 Å². The van der Waals surface area contributed by atoms with Gasteiger partial charge >= 0.3 is 0 Å². The van der Waals surface area contributed by atoms with Crippen molar-refractivity contribution in [1.29, 1.82) is 0 Å². The molecule has 31 heavy (non-hydrogen) atoms. The quantitative estimate of drug-likeness (QED) is 0.337. The van der Waals surface area contributed by atoms with Gasteiger partial charge in [0.25, 0.3) is 5.69 Å². The summed E-state index contributed by atoms with van der Waals surface area (Å²) in [6, 6.07) is 9.45. The van der Waals surface area contributed by atoms with Gasteiger partial charge in [-0.3, -0.25) is 19.2 Å². The molecule has 2 aromatic rings. The van der Waals surface area contributed by atoms with E-state index in [0.29, 0.717) is 23.6 Å². The van der Waals surface area contributed by atoms with Crippen LogP contribution in [0.5, 0.6) is 5.75 Å². The van der Waals surface area contributed by atoms with Crippen LogP contribution in [0.2, 0.25) is 0 Å². The Morgan fingerprint density at radius 3 is 2.61 bits per heavy atom. The predicted molar refractivity (Wildman–Crippen MR) is 120 cm³/mol. The van der Waals surface area contributed by atoms with Crippen molar-refractivity contribution >= 4 is 33.0 Å². The second-order valence-electron chi connectivity index (χ2n) is 6.83. The molecule has 166 valence electrons. The number of benzene rings is 2. The first-order valence-electron chi connectivity index (χ1n) is 9.47. The molecule has 1 atom stereocenters. The fourth-order valence-corrected chi connectivity index (χ4v) is 4.29. The maximum Gasteiger partial charge on any atom is 0.271 e. The molecule has 0 aromatic heterocycles.